The summed E-state index contributed by atoms with van der Waals surface area (Å²) in [5.41, 5.74) is 2.89. The largest absolute Gasteiger partial charge is 0.507 e. The van der Waals surface area contributed by atoms with Gasteiger partial charge in [-0.25, -0.2) is 0 Å². The van der Waals surface area contributed by atoms with Crippen molar-refractivity contribution in [2.75, 3.05) is 13.2 Å². The van der Waals surface area contributed by atoms with Crippen LogP contribution < -0.4 is 0 Å². The summed E-state index contributed by atoms with van der Waals surface area (Å²) >= 11 is 0. The second-order valence-electron chi connectivity index (χ2n) is 15.6. The fourth-order valence-electron chi connectivity index (χ4n) is 5.15. The number of hydrogen-bond donors (Lipinski definition) is 3. The predicted molar refractivity (Wildman–Crippen MR) is 165 cm³/mol. The van der Waals surface area contributed by atoms with E-state index in [1.54, 1.807) is 0 Å². The lowest BCUT2D eigenvalue weighted by atomic mass is 9.67. The second-order valence-corrected chi connectivity index (χ2v) is 15.6. The number of phenolic OH excluding ortho intramolecular Hbond substituents is 2. The SMILES string of the molecule is CC(C)(C)c1cc(C(C)(CC(=O)OCCCO)c2cc(C(C)(C)C)c(O)c(C(C)(C)C)c2)cc(C(C)(C)C)c1O. The van der Waals surface area contributed by atoms with Gasteiger partial charge in [-0.15, -0.1) is 0 Å². The third-order valence-electron chi connectivity index (χ3n) is 7.79. The normalized spacial score (nSPS) is 13.4. The lowest BCUT2D eigenvalue weighted by Gasteiger charge is -2.37. The standard InChI is InChI=1S/C35H54O5/c1-31(2,3)24-17-22(18-25(29(24)38)32(4,5)6)35(13,21-28(37)40-16-14-15-36)23-19-26(33(7,8)9)30(39)27(20-23)34(10,11)12/h17-20,36,38-39H,14-16,21H2,1-13H3. The van der Waals surface area contributed by atoms with Crippen molar-refractivity contribution in [3.8, 4) is 11.5 Å². The van der Waals surface area contributed by atoms with E-state index in [0.29, 0.717) is 6.42 Å². The Bertz CT molecular complexity index is 1060. The summed E-state index contributed by atoms with van der Waals surface area (Å²) < 4.78 is 5.56. The maximum absolute atomic E-state index is 13.3. The summed E-state index contributed by atoms with van der Waals surface area (Å²) in [7, 11) is 0. The summed E-state index contributed by atoms with van der Waals surface area (Å²) in [4.78, 5) is 13.3. The minimum Gasteiger partial charge on any atom is -0.507 e. The smallest absolute Gasteiger partial charge is 0.307 e. The Labute approximate surface area is 243 Å². The zero-order valence-electron chi connectivity index (χ0n) is 27.3. The maximum atomic E-state index is 13.3. The number of benzene rings is 2. The summed E-state index contributed by atoms with van der Waals surface area (Å²) in [6.45, 7) is 27.1. The molecule has 0 aliphatic carbocycles. The number of aliphatic hydroxyl groups excluding tert-OH is 1. The molecule has 0 radical (unpaired) electrons. The van der Waals surface area contributed by atoms with Crippen LogP contribution in [-0.2, 0) is 36.6 Å². The molecule has 0 spiro atoms. The quantitative estimate of drug-likeness (QED) is 0.239. The van der Waals surface area contributed by atoms with Crippen LogP contribution in [-0.4, -0.2) is 34.5 Å². The van der Waals surface area contributed by atoms with E-state index in [9.17, 15) is 20.1 Å². The highest BCUT2D eigenvalue weighted by molar-refractivity contribution is 5.73. The highest BCUT2D eigenvalue weighted by Crippen LogP contribution is 2.48. The minimum atomic E-state index is -0.836. The Morgan fingerprint density at radius 2 is 0.925 bits per heavy atom. The van der Waals surface area contributed by atoms with Gasteiger partial charge in [-0.05, 0) is 55.0 Å². The molecule has 0 heterocycles. The van der Waals surface area contributed by atoms with E-state index in [4.69, 9.17) is 4.74 Å². The van der Waals surface area contributed by atoms with Gasteiger partial charge in [0.2, 0.25) is 0 Å². The maximum Gasteiger partial charge on any atom is 0.307 e. The van der Waals surface area contributed by atoms with Crippen LogP contribution in [0.15, 0.2) is 24.3 Å². The molecular formula is C35H54O5. The van der Waals surface area contributed by atoms with Gasteiger partial charge in [-0.1, -0.05) is 114 Å². The predicted octanol–water partition coefficient (Wildman–Crippen LogP) is 7.91. The highest BCUT2D eigenvalue weighted by Gasteiger charge is 2.39. The van der Waals surface area contributed by atoms with E-state index in [0.717, 1.165) is 33.4 Å². The van der Waals surface area contributed by atoms with E-state index >= 15 is 0 Å². The highest BCUT2D eigenvalue weighted by atomic mass is 16.5. The first-order valence-corrected chi connectivity index (χ1v) is 14.5. The first-order valence-electron chi connectivity index (χ1n) is 14.5. The topological polar surface area (TPSA) is 87.0 Å². The van der Waals surface area contributed by atoms with Crippen LogP contribution in [0.3, 0.4) is 0 Å². The van der Waals surface area contributed by atoms with Gasteiger partial charge in [-0.3, -0.25) is 4.79 Å². The molecule has 0 aromatic heterocycles. The first kappa shape index (κ1) is 33.7. The summed E-state index contributed by atoms with van der Waals surface area (Å²) in [5.74, 6) is 0.211. The zero-order chi connectivity index (χ0) is 31.1. The molecule has 224 valence electrons. The number of aliphatic hydroxyl groups is 1. The fourth-order valence-corrected chi connectivity index (χ4v) is 5.15. The van der Waals surface area contributed by atoms with Crippen molar-refractivity contribution in [3.63, 3.8) is 0 Å². The van der Waals surface area contributed by atoms with Gasteiger partial charge < -0.3 is 20.1 Å². The molecule has 0 aliphatic rings. The number of carbonyl (C=O) groups excluding carboxylic acids is 1. The molecule has 40 heavy (non-hydrogen) atoms. The van der Waals surface area contributed by atoms with Crippen LogP contribution in [0.25, 0.3) is 0 Å². The minimum absolute atomic E-state index is 0.0474. The average Bonchev–Trinajstić information content (AvgIpc) is 2.76. The van der Waals surface area contributed by atoms with Crippen molar-refractivity contribution in [1.82, 2.24) is 0 Å². The molecule has 0 saturated carbocycles. The van der Waals surface area contributed by atoms with Gasteiger partial charge >= 0.3 is 5.97 Å². The van der Waals surface area contributed by atoms with Gasteiger partial charge in [0.1, 0.15) is 11.5 Å². The van der Waals surface area contributed by atoms with Crippen LogP contribution in [0.5, 0.6) is 11.5 Å². The monoisotopic (exact) mass is 554 g/mol. The Morgan fingerprint density at radius 3 is 1.18 bits per heavy atom. The number of rotatable bonds is 7. The van der Waals surface area contributed by atoms with Gasteiger partial charge in [0.25, 0.3) is 0 Å². The average molecular weight is 555 g/mol. The Balaban J connectivity index is 3.05. The van der Waals surface area contributed by atoms with Gasteiger partial charge in [0, 0.05) is 18.4 Å². The van der Waals surface area contributed by atoms with Gasteiger partial charge in [-0.2, -0.15) is 0 Å². The second kappa shape index (κ2) is 11.4. The molecule has 2 aromatic carbocycles. The van der Waals surface area contributed by atoms with Crippen LogP contribution in [0, 0.1) is 0 Å². The Morgan fingerprint density at radius 1 is 0.625 bits per heavy atom. The number of phenols is 2. The van der Waals surface area contributed by atoms with E-state index in [1.165, 1.54) is 0 Å². The van der Waals surface area contributed by atoms with Crippen LogP contribution in [0.4, 0.5) is 0 Å². The van der Waals surface area contributed by atoms with Crippen molar-refractivity contribution in [3.05, 3.63) is 57.6 Å². The third kappa shape index (κ3) is 7.40. The van der Waals surface area contributed by atoms with Crippen molar-refractivity contribution >= 4 is 5.97 Å². The third-order valence-corrected chi connectivity index (χ3v) is 7.79. The summed E-state index contributed by atoms with van der Waals surface area (Å²) in [6, 6.07) is 8.13. The van der Waals surface area contributed by atoms with Crippen molar-refractivity contribution < 1.29 is 24.9 Å². The first-order chi connectivity index (χ1) is 17.9. The summed E-state index contributed by atoms with van der Waals surface area (Å²) in [5, 5.41) is 32.1. The Kier molecular flexibility index (Phi) is 9.59. The molecule has 2 rings (SSSR count). The molecular weight excluding hydrogens is 500 g/mol. The van der Waals surface area contributed by atoms with Gasteiger partial charge in [0.15, 0.2) is 0 Å². The lowest BCUT2D eigenvalue weighted by Crippen LogP contribution is -2.31. The zero-order valence-corrected chi connectivity index (χ0v) is 27.3. The molecule has 3 N–H and O–H groups in total. The number of hydrogen-bond acceptors (Lipinski definition) is 5. The Hall–Kier alpha value is -2.53. The number of carbonyl (C=O) groups is 1. The molecule has 0 aliphatic heterocycles. The van der Waals surface area contributed by atoms with E-state index in [2.05, 4.69) is 90.0 Å². The van der Waals surface area contributed by atoms with Crippen molar-refractivity contribution in [2.45, 2.75) is 130 Å². The molecule has 0 fully saturated rings. The molecule has 5 nitrogen and oxygen atoms in total. The molecule has 0 unspecified atom stereocenters. The molecule has 0 atom stereocenters. The fraction of sp³-hybridized carbons (Fsp3) is 0.629. The van der Waals surface area contributed by atoms with Crippen LogP contribution >= 0.6 is 0 Å². The molecule has 0 amide bonds. The van der Waals surface area contributed by atoms with E-state index in [-0.39, 0.29) is 58.8 Å². The molecule has 0 saturated heterocycles. The summed E-state index contributed by atoms with van der Waals surface area (Å²) in [6.07, 6.45) is 0.444. The van der Waals surface area contributed by atoms with E-state index in [1.807, 2.05) is 24.3 Å². The van der Waals surface area contributed by atoms with Crippen LogP contribution in [0.2, 0.25) is 0 Å². The number of esters is 1. The van der Waals surface area contributed by atoms with Crippen molar-refractivity contribution in [2.24, 2.45) is 0 Å². The molecule has 5 heteroatoms. The van der Waals surface area contributed by atoms with E-state index < -0.39 is 5.41 Å². The number of aromatic hydroxyl groups is 2. The lowest BCUT2D eigenvalue weighted by molar-refractivity contribution is -0.145. The van der Waals surface area contributed by atoms with Crippen molar-refractivity contribution in [1.29, 1.82) is 0 Å². The number of ether oxygens (including phenoxy) is 1. The molecule has 2 aromatic rings. The van der Waals surface area contributed by atoms with Gasteiger partial charge in [0.05, 0.1) is 13.0 Å². The van der Waals surface area contributed by atoms with Crippen LogP contribution in [0.1, 0.15) is 136 Å². The molecule has 0 bridgehead atoms.